The predicted octanol–water partition coefficient (Wildman–Crippen LogP) is 2.23. The van der Waals surface area contributed by atoms with Crippen LogP contribution in [0.15, 0.2) is 30.3 Å². The Kier molecular flexibility index (Phi) is 9.26. The van der Waals surface area contributed by atoms with E-state index in [1.54, 1.807) is 4.31 Å². The largest absolute Gasteiger partial charge is 0.473 e. The number of carboxylic acids is 2. The fourth-order valence-electron chi connectivity index (χ4n) is 4.23. The van der Waals surface area contributed by atoms with Gasteiger partial charge in [-0.25, -0.2) is 18.0 Å². The van der Waals surface area contributed by atoms with Gasteiger partial charge in [0, 0.05) is 32.2 Å². The molecule has 0 atom stereocenters. The molecule has 0 bridgehead atoms. The van der Waals surface area contributed by atoms with Gasteiger partial charge in [-0.15, -0.1) is 0 Å². The number of hydrogen-bond donors (Lipinski definition) is 2. The minimum absolute atomic E-state index is 0.287. The maximum Gasteiger partial charge on any atom is 0.414 e. The van der Waals surface area contributed by atoms with Crippen molar-refractivity contribution in [2.24, 2.45) is 0 Å². The molecule has 8 nitrogen and oxygen atoms in total. The van der Waals surface area contributed by atoms with E-state index in [0.717, 1.165) is 13.1 Å². The van der Waals surface area contributed by atoms with Crippen LogP contribution >= 0.6 is 0 Å². The second-order valence-corrected chi connectivity index (χ2v) is 9.87. The normalized spacial score (nSPS) is 23.2. The smallest absolute Gasteiger partial charge is 0.414 e. The third kappa shape index (κ3) is 7.07. The number of rotatable bonds is 5. The van der Waals surface area contributed by atoms with Crippen molar-refractivity contribution in [3.8, 4) is 0 Å². The summed E-state index contributed by atoms with van der Waals surface area (Å²) in [5.74, 6) is -2.66. The van der Waals surface area contributed by atoms with Crippen LogP contribution in [-0.2, 0) is 19.6 Å². The first-order valence-electron chi connectivity index (χ1n) is 10.5. The van der Waals surface area contributed by atoms with E-state index in [1.165, 1.54) is 31.2 Å². The zero-order valence-corrected chi connectivity index (χ0v) is 18.3. The summed E-state index contributed by atoms with van der Waals surface area (Å²) in [6.07, 6.45) is 5.68. The minimum Gasteiger partial charge on any atom is -0.473 e. The predicted molar refractivity (Wildman–Crippen MR) is 114 cm³/mol. The average molecular weight is 441 g/mol. The van der Waals surface area contributed by atoms with Crippen LogP contribution in [0.3, 0.4) is 0 Å². The van der Waals surface area contributed by atoms with Crippen molar-refractivity contribution < 1.29 is 28.2 Å². The van der Waals surface area contributed by atoms with E-state index in [-0.39, 0.29) is 5.75 Å². The molecule has 2 N–H and O–H groups in total. The minimum atomic E-state index is -3.03. The first-order valence-corrected chi connectivity index (χ1v) is 12.1. The molecule has 1 saturated heterocycles. The van der Waals surface area contributed by atoms with Gasteiger partial charge in [-0.1, -0.05) is 37.3 Å². The molecule has 0 radical (unpaired) electrons. The second kappa shape index (κ2) is 11.4. The molecule has 1 aromatic rings. The third-order valence-corrected chi connectivity index (χ3v) is 7.87. The molecule has 1 saturated carbocycles. The molecule has 0 spiro atoms. The molecule has 1 aliphatic heterocycles. The van der Waals surface area contributed by atoms with E-state index >= 15 is 0 Å². The molecule has 30 heavy (non-hydrogen) atoms. The van der Waals surface area contributed by atoms with Crippen LogP contribution in [0, 0.1) is 0 Å². The van der Waals surface area contributed by atoms with Crippen molar-refractivity contribution in [1.29, 1.82) is 0 Å². The lowest BCUT2D eigenvalue weighted by Gasteiger charge is -2.41. The summed E-state index contributed by atoms with van der Waals surface area (Å²) in [6.45, 7) is 5.05. The Morgan fingerprint density at radius 1 is 0.933 bits per heavy atom. The molecule has 1 aliphatic carbocycles. The molecule has 9 heteroatoms. The van der Waals surface area contributed by atoms with Crippen molar-refractivity contribution in [2.45, 2.75) is 51.0 Å². The fourth-order valence-corrected chi connectivity index (χ4v) is 5.73. The topological polar surface area (TPSA) is 115 Å². The van der Waals surface area contributed by atoms with E-state index in [0.29, 0.717) is 31.5 Å². The van der Waals surface area contributed by atoms with Crippen LogP contribution < -0.4 is 0 Å². The van der Waals surface area contributed by atoms with Gasteiger partial charge in [-0.05, 0) is 43.6 Å². The van der Waals surface area contributed by atoms with E-state index in [4.69, 9.17) is 19.8 Å². The van der Waals surface area contributed by atoms with Crippen LogP contribution in [0.5, 0.6) is 0 Å². The second-order valence-electron chi connectivity index (χ2n) is 7.78. The molecule has 0 unspecified atom stereocenters. The molecule has 2 aliphatic rings. The highest BCUT2D eigenvalue weighted by molar-refractivity contribution is 7.89. The van der Waals surface area contributed by atoms with Gasteiger partial charge in [0.25, 0.3) is 0 Å². The highest BCUT2D eigenvalue weighted by Crippen LogP contribution is 2.35. The van der Waals surface area contributed by atoms with Gasteiger partial charge in [0.15, 0.2) is 0 Å². The SMILES string of the molecule is CCCS(=O)(=O)N1CCN(C2CCC(c3ccccc3)CC2)CC1.O=C(O)C(=O)O. The quantitative estimate of drug-likeness (QED) is 0.675. The Morgan fingerprint density at radius 2 is 1.47 bits per heavy atom. The monoisotopic (exact) mass is 440 g/mol. The summed E-state index contributed by atoms with van der Waals surface area (Å²) in [7, 11) is -3.03. The zero-order valence-electron chi connectivity index (χ0n) is 17.4. The molecular formula is C21H32N2O6S. The highest BCUT2D eigenvalue weighted by atomic mass is 32.2. The molecule has 2 fully saturated rings. The van der Waals surface area contributed by atoms with E-state index in [9.17, 15) is 8.42 Å². The lowest BCUT2D eigenvalue weighted by Crippen LogP contribution is -2.52. The molecule has 1 aromatic carbocycles. The van der Waals surface area contributed by atoms with Crippen molar-refractivity contribution >= 4 is 22.0 Å². The van der Waals surface area contributed by atoms with Gasteiger partial charge in [0.2, 0.25) is 10.0 Å². The summed E-state index contributed by atoms with van der Waals surface area (Å²) in [4.78, 5) is 20.7. The van der Waals surface area contributed by atoms with Crippen molar-refractivity contribution in [2.75, 3.05) is 31.9 Å². The standard InChI is InChI=1S/C19H30N2O2S.C2H2O4/c1-2-16-24(22,23)21-14-12-20(13-15-21)19-10-8-18(9-11-19)17-6-4-3-5-7-17;3-1(4)2(5)6/h3-7,18-19H,2,8-16H2,1H3;(H,3,4)(H,5,6). The van der Waals surface area contributed by atoms with Gasteiger partial charge in [-0.2, -0.15) is 4.31 Å². The summed E-state index contributed by atoms with van der Waals surface area (Å²) in [5, 5.41) is 14.8. The van der Waals surface area contributed by atoms with Crippen LogP contribution in [-0.4, -0.2) is 77.7 Å². The first-order chi connectivity index (χ1) is 14.2. The molecule has 0 amide bonds. The lowest BCUT2D eigenvalue weighted by molar-refractivity contribution is -0.159. The maximum absolute atomic E-state index is 12.2. The molecule has 3 rings (SSSR count). The number of sulfonamides is 1. The van der Waals surface area contributed by atoms with E-state index in [1.807, 2.05) is 6.92 Å². The van der Waals surface area contributed by atoms with Crippen LogP contribution in [0.4, 0.5) is 0 Å². The van der Waals surface area contributed by atoms with Crippen LogP contribution in [0.1, 0.15) is 50.5 Å². The summed E-state index contributed by atoms with van der Waals surface area (Å²) < 4.78 is 26.0. The van der Waals surface area contributed by atoms with Gasteiger partial charge >= 0.3 is 11.9 Å². The number of hydrogen-bond acceptors (Lipinski definition) is 5. The molecule has 168 valence electrons. The van der Waals surface area contributed by atoms with E-state index < -0.39 is 22.0 Å². The van der Waals surface area contributed by atoms with Crippen LogP contribution in [0.2, 0.25) is 0 Å². The Hall–Kier alpha value is -1.97. The molecule has 1 heterocycles. The lowest BCUT2D eigenvalue weighted by atomic mass is 9.81. The Bertz CT molecular complexity index is 771. The number of aliphatic carboxylic acids is 2. The Balaban J connectivity index is 0.000000469. The number of benzene rings is 1. The highest BCUT2D eigenvalue weighted by Gasteiger charge is 2.31. The number of carboxylic acid groups (broad SMARTS) is 2. The molecule has 0 aromatic heterocycles. The number of carbonyl (C=O) groups is 2. The van der Waals surface area contributed by atoms with Crippen LogP contribution in [0.25, 0.3) is 0 Å². The summed E-state index contributed by atoms with van der Waals surface area (Å²) in [5.41, 5.74) is 1.48. The van der Waals surface area contributed by atoms with Gasteiger partial charge in [0.1, 0.15) is 0 Å². The number of piperazine rings is 1. The van der Waals surface area contributed by atoms with Gasteiger partial charge in [0.05, 0.1) is 5.75 Å². The average Bonchev–Trinajstić information content (AvgIpc) is 2.75. The van der Waals surface area contributed by atoms with Crippen molar-refractivity contribution in [1.82, 2.24) is 9.21 Å². The fraction of sp³-hybridized carbons (Fsp3) is 0.619. The van der Waals surface area contributed by atoms with E-state index in [2.05, 4.69) is 35.2 Å². The first kappa shape index (κ1) is 24.3. The molecular weight excluding hydrogens is 408 g/mol. The zero-order chi connectivity index (χ0) is 22.1. The van der Waals surface area contributed by atoms with Crippen molar-refractivity contribution in [3.05, 3.63) is 35.9 Å². The third-order valence-electron chi connectivity index (χ3n) is 5.80. The van der Waals surface area contributed by atoms with Gasteiger partial charge < -0.3 is 10.2 Å². The Labute approximate surface area is 178 Å². The van der Waals surface area contributed by atoms with Crippen molar-refractivity contribution in [3.63, 3.8) is 0 Å². The summed E-state index contributed by atoms with van der Waals surface area (Å²) >= 11 is 0. The van der Waals surface area contributed by atoms with Gasteiger partial charge in [-0.3, -0.25) is 4.90 Å². The number of nitrogens with zero attached hydrogens (tertiary/aromatic N) is 2. The summed E-state index contributed by atoms with van der Waals surface area (Å²) in [6, 6.07) is 11.5. The maximum atomic E-state index is 12.2. The Morgan fingerprint density at radius 3 is 1.93 bits per heavy atom.